The van der Waals surface area contributed by atoms with E-state index in [1.807, 2.05) is 6.92 Å². The third-order valence-corrected chi connectivity index (χ3v) is 3.12. The number of benzene rings is 1. The van der Waals surface area contributed by atoms with Gasteiger partial charge in [0.15, 0.2) is 0 Å². The lowest BCUT2D eigenvalue weighted by molar-refractivity contribution is -0.137. The number of rotatable bonds is 2. The fourth-order valence-corrected chi connectivity index (χ4v) is 2.12. The van der Waals surface area contributed by atoms with E-state index in [1.54, 1.807) is 19.9 Å². The second kappa shape index (κ2) is 5.23. The SMILES string of the molecule is CCc1ccc(C(F)(F)F)c(-c2ncc(C)nc2C)c1. The Bertz CT molecular complexity index is 634. The molecule has 0 fully saturated rings. The van der Waals surface area contributed by atoms with E-state index in [1.165, 1.54) is 12.3 Å². The Labute approximate surface area is 115 Å². The number of hydrogen-bond acceptors (Lipinski definition) is 2. The fourth-order valence-electron chi connectivity index (χ4n) is 2.12. The summed E-state index contributed by atoms with van der Waals surface area (Å²) in [5.74, 6) is 0. The third-order valence-electron chi connectivity index (χ3n) is 3.12. The first kappa shape index (κ1) is 14.5. The zero-order valence-corrected chi connectivity index (χ0v) is 11.5. The van der Waals surface area contributed by atoms with Gasteiger partial charge >= 0.3 is 6.18 Å². The summed E-state index contributed by atoms with van der Waals surface area (Å²) in [6.45, 7) is 5.34. The van der Waals surface area contributed by atoms with Gasteiger partial charge in [-0.25, -0.2) is 0 Å². The average molecular weight is 280 g/mol. The molecule has 1 aromatic carbocycles. The fraction of sp³-hybridized carbons (Fsp3) is 0.333. The number of halogens is 3. The van der Waals surface area contributed by atoms with Gasteiger partial charge in [0.05, 0.1) is 22.6 Å². The van der Waals surface area contributed by atoms with Crippen LogP contribution in [0.1, 0.15) is 29.4 Å². The van der Waals surface area contributed by atoms with Crippen LogP contribution in [-0.4, -0.2) is 9.97 Å². The highest BCUT2D eigenvalue weighted by molar-refractivity contribution is 5.67. The van der Waals surface area contributed by atoms with Crippen LogP contribution in [-0.2, 0) is 12.6 Å². The Morgan fingerprint density at radius 1 is 1.15 bits per heavy atom. The van der Waals surface area contributed by atoms with Gasteiger partial charge in [0, 0.05) is 11.8 Å². The van der Waals surface area contributed by atoms with Crippen LogP contribution in [0.15, 0.2) is 24.4 Å². The quantitative estimate of drug-likeness (QED) is 0.817. The van der Waals surface area contributed by atoms with Gasteiger partial charge in [-0.2, -0.15) is 13.2 Å². The lowest BCUT2D eigenvalue weighted by Crippen LogP contribution is -2.09. The molecule has 0 saturated carbocycles. The largest absolute Gasteiger partial charge is 0.417 e. The van der Waals surface area contributed by atoms with Gasteiger partial charge in [0.25, 0.3) is 0 Å². The zero-order chi connectivity index (χ0) is 14.9. The van der Waals surface area contributed by atoms with Crippen LogP contribution in [0.25, 0.3) is 11.3 Å². The summed E-state index contributed by atoms with van der Waals surface area (Å²) in [4.78, 5) is 8.33. The van der Waals surface area contributed by atoms with E-state index in [0.717, 1.165) is 11.6 Å². The summed E-state index contributed by atoms with van der Waals surface area (Å²) in [7, 11) is 0. The molecule has 5 heteroatoms. The van der Waals surface area contributed by atoms with Gasteiger partial charge < -0.3 is 0 Å². The Morgan fingerprint density at radius 3 is 2.40 bits per heavy atom. The molecule has 1 heterocycles. The minimum Gasteiger partial charge on any atom is -0.255 e. The van der Waals surface area contributed by atoms with E-state index >= 15 is 0 Å². The van der Waals surface area contributed by atoms with Crippen LogP contribution in [0, 0.1) is 13.8 Å². The van der Waals surface area contributed by atoms with Crippen molar-refractivity contribution in [1.82, 2.24) is 9.97 Å². The molecular weight excluding hydrogens is 265 g/mol. The van der Waals surface area contributed by atoms with Crippen LogP contribution in [0.3, 0.4) is 0 Å². The van der Waals surface area contributed by atoms with Crippen LogP contribution < -0.4 is 0 Å². The molecule has 0 radical (unpaired) electrons. The predicted molar refractivity (Wildman–Crippen MR) is 71.3 cm³/mol. The van der Waals surface area contributed by atoms with Crippen molar-refractivity contribution in [1.29, 1.82) is 0 Å². The van der Waals surface area contributed by atoms with E-state index in [2.05, 4.69) is 9.97 Å². The summed E-state index contributed by atoms with van der Waals surface area (Å²) in [5.41, 5.74) is 1.75. The minimum absolute atomic E-state index is 0.0989. The molecule has 0 saturated heterocycles. The van der Waals surface area contributed by atoms with Crippen molar-refractivity contribution in [2.45, 2.75) is 33.4 Å². The average Bonchev–Trinajstić information content (AvgIpc) is 2.37. The molecule has 0 unspecified atom stereocenters. The van der Waals surface area contributed by atoms with Crippen LogP contribution in [0.4, 0.5) is 13.2 Å². The summed E-state index contributed by atoms with van der Waals surface area (Å²) in [5, 5.41) is 0. The molecule has 2 nitrogen and oxygen atoms in total. The van der Waals surface area contributed by atoms with Gasteiger partial charge in [-0.15, -0.1) is 0 Å². The molecule has 0 amide bonds. The van der Waals surface area contributed by atoms with Gasteiger partial charge in [0.2, 0.25) is 0 Å². The summed E-state index contributed by atoms with van der Waals surface area (Å²) in [6.07, 6.45) is -2.24. The standard InChI is InChI=1S/C15H15F3N2/c1-4-11-5-6-13(15(16,17)18)12(7-11)14-10(3)20-9(2)8-19-14/h5-8H,4H2,1-3H3. The second-order valence-electron chi connectivity index (χ2n) is 4.68. The molecule has 0 aliphatic carbocycles. The molecular formula is C15H15F3N2. The first-order chi connectivity index (χ1) is 9.32. The van der Waals surface area contributed by atoms with E-state index in [-0.39, 0.29) is 5.56 Å². The first-order valence-corrected chi connectivity index (χ1v) is 6.33. The summed E-state index contributed by atoms with van der Waals surface area (Å²) in [6, 6.07) is 4.17. The second-order valence-corrected chi connectivity index (χ2v) is 4.68. The zero-order valence-electron chi connectivity index (χ0n) is 11.5. The van der Waals surface area contributed by atoms with Crippen molar-refractivity contribution in [2.24, 2.45) is 0 Å². The molecule has 20 heavy (non-hydrogen) atoms. The normalized spacial score (nSPS) is 11.7. The van der Waals surface area contributed by atoms with Crippen molar-refractivity contribution in [3.63, 3.8) is 0 Å². The maximum Gasteiger partial charge on any atom is 0.417 e. The van der Waals surface area contributed by atoms with E-state index in [0.29, 0.717) is 23.5 Å². The predicted octanol–water partition coefficient (Wildman–Crippen LogP) is 4.34. The van der Waals surface area contributed by atoms with Crippen molar-refractivity contribution in [2.75, 3.05) is 0 Å². The third kappa shape index (κ3) is 2.81. The molecule has 106 valence electrons. The lowest BCUT2D eigenvalue weighted by Gasteiger charge is -2.15. The maximum atomic E-state index is 13.1. The van der Waals surface area contributed by atoms with Crippen LogP contribution >= 0.6 is 0 Å². The van der Waals surface area contributed by atoms with Crippen molar-refractivity contribution in [3.8, 4) is 11.3 Å². The molecule has 0 bridgehead atoms. The topological polar surface area (TPSA) is 25.8 Å². The Hall–Kier alpha value is -1.91. The number of alkyl halides is 3. The molecule has 2 rings (SSSR count). The van der Waals surface area contributed by atoms with Crippen molar-refractivity contribution < 1.29 is 13.2 Å². The van der Waals surface area contributed by atoms with Gasteiger partial charge in [0.1, 0.15) is 0 Å². The Balaban J connectivity index is 2.70. The molecule has 1 aromatic heterocycles. The highest BCUT2D eigenvalue weighted by Gasteiger charge is 2.34. The number of hydrogen-bond donors (Lipinski definition) is 0. The van der Waals surface area contributed by atoms with E-state index < -0.39 is 11.7 Å². The number of aryl methyl sites for hydroxylation is 3. The molecule has 0 aliphatic heterocycles. The maximum absolute atomic E-state index is 13.1. The van der Waals surface area contributed by atoms with E-state index in [9.17, 15) is 13.2 Å². The highest BCUT2D eigenvalue weighted by Crippen LogP contribution is 2.37. The summed E-state index contributed by atoms with van der Waals surface area (Å²) < 4.78 is 39.4. The van der Waals surface area contributed by atoms with Gasteiger partial charge in [-0.1, -0.05) is 13.0 Å². The minimum atomic E-state index is -4.40. The van der Waals surface area contributed by atoms with Crippen molar-refractivity contribution >= 4 is 0 Å². The monoisotopic (exact) mass is 280 g/mol. The van der Waals surface area contributed by atoms with E-state index in [4.69, 9.17) is 0 Å². The van der Waals surface area contributed by atoms with Gasteiger partial charge in [-0.05, 0) is 38.0 Å². The molecule has 0 spiro atoms. The number of aromatic nitrogens is 2. The first-order valence-electron chi connectivity index (χ1n) is 6.33. The highest BCUT2D eigenvalue weighted by atomic mass is 19.4. The molecule has 2 aromatic rings. The number of nitrogens with zero attached hydrogens (tertiary/aromatic N) is 2. The van der Waals surface area contributed by atoms with Crippen LogP contribution in [0.2, 0.25) is 0 Å². The Kier molecular flexibility index (Phi) is 3.79. The molecule has 0 atom stereocenters. The summed E-state index contributed by atoms with van der Waals surface area (Å²) >= 11 is 0. The lowest BCUT2D eigenvalue weighted by atomic mass is 9.98. The van der Waals surface area contributed by atoms with Crippen molar-refractivity contribution in [3.05, 3.63) is 46.9 Å². The smallest absolute Gasteiger partial charge is 0.255 e. The molecule has 0 aliphatic rings. The molecule has 0 N–H and O–H groups in total. The Morgan fingerprint density at radius 2 is 1.85 bits per heavy atom. The van der Waals surface area contributed by atoms with Crippen LogP contribution in [0.5, 0.6) is 0 Å². The van der Waals surface area contributed by atoms with Gasteiger partial charge in [-0.3, -0.25) is 9.97 Å².